The summed E-state index contributed by atoms with van der Waals surface area (Å²) >= 11 is 0. The van der Waals surface area contributed by atoms with E-state index in [1.54, 1.807) is 20.8 Å². The van der Waals surface area contributed by atoms with E-state index in [-0.39, 0.29) is 17.4 Å². The van der Waals surface area contributed by atoms with E-state index in [0.717, 1.165) is 16.6 Å². The van der Waals surface area contributed by atoms with Gasteiger partial charge in [-0.3, -0.25) is 19.2 Å². The Balaban J connectivity index is 3.27. The Morgan fingerprint density at radius 3 is 2.45 bits per heavy atom. The smallest absolute Gasteiger partial charge is 0.271 e. The maximum absolute atomic E-state index is 12.0. The van der Waals surface area contributed by atoms with Crippen LogP contribution in [0.25, 0.3) is 0 Å². The molecule has 22 heavy (non-hydrogen) atoms. The molecule has 1 rings (SSSR count). The second-order valence-corrected chi connectivity index (χ2v) is 7.13. The van der Waals surface area contributed by atoms with Gasteiger partial charge in [0.25, 0.3) is 5.69 Å². The lowest BCUT2D eigenvalue weighted by Gasteiger charge is -2.24. The van der Waals surface area contributed by atoms with Crippen molar-refractivity contribution >= 4 is 27.3 Å². The quantitative estimate of drug-likeness (QED) is 0.623. The van der Waals surface area contributed by atoms with Crippen molar-refractivity contribution in [2.45, 2.75) is 26.8 Å². The SMILES string of the molecule is Cc1ccc([N+](=O)[O-])cc1N(CC(=O)NC(C)C)S(C)(=O)=O. The molecule has 0 aromatic heterocycles. The highest BCUT2D eigenvalue weighted by molar-refractivity contribution is 7.92. The molecule has 9 heteroatoms. The third kappa shape index (κ3) is 4.69. The fraction of sp³-hybridized carbons (Fsp3) is 0.462. The lowest BCUT2D eigenvalue weighted by molar-refractivity contribution is -0.384. The van der Waals surface area contributed by atoms with E-state index in [4.69, 9.17) is 0 Å². The van der Waals surface area contributed by atoms with E-state index in [0.29, 0.717) is 5.56 Å². The van der Waals surface area contributed by atoms with Crippen LogP contribution in [0.15, 0.2) is 18.2 Å². The average molecular weight is 329 g/mol. The molecule has 0 aliphatic carbocycles. The lowest BCUT2D eigenvalue weighted by Crippen LogP contribution is -2.42. The standard InChI is InChI=1S/C13H19N3O5S/c1-9(2)14-13(17)8-15(22(4,20)21)12-7-11(16(18)19)6-5-10(12)3/h5-7,9H,8H2,1-4H3,(H,14,17). The zero-order chi connectivity index (χ0) is 17.1. The topological polar surface area (TPSA) is 110 Å². The Morgan fingerprint density at radius 2 is 2.00 bits per heavy atom. The predicted octanol–water partition coefficient (Wildman–Crippen LogP) is 1.19. The van der Waals surface area contributed by atoms with Gasteiger partial charge in [-0.05, 0) is 26.3 Å². The van der Waals surface area contributed by atoms with Crippen molar-refractivity contribution in [2.75, 3.05) is 17.1 Å². The molecule has 1 aromatic carbocycles. The van der Waals surface area contributed by atoms with E-state index < -0.39 is 27.4 Å². The van der Waals surface area contributed by atoms with Crippen molar-refractivity contribution in [3.8, 4) is 0 Å². The lowest BCUT2D eigenvalue weighted by atomic mass is 10.2. The Morgan fingerprint density at radius 1 is 1.41 bits per heavy atom. The molecule has 1 N–H and O–H groups in total. The van der Waals surface area contributed by atoms with Crippen LogP contribution in [-0.2, 0) is 14.8 Å². The van der Waals surface area contributed by atoms with Crippen molar-refractivity contribution in [1.29, 1.82) is 0 Å². The van der Waals surface area contributed by atoms with E-state index in [2.05, 4.69) is 5.32 Å². The van der Waals surface area contributed by atoms with Gasteiger partial charge in [-0.2, -0.15) is 0 Å². The molecule has 0 spiro atoms. The predicted molar refractivity (Wildman–Crippen MR) is 83.3 cm³/mol. The molecule has 0 atom stereocenters. The first-order valence-electron chi connectivity index (χ1n) is 6.54. The summed E-state index contributed by atoms with van der Waals surface area (Å²) in [6, 6.07) is 3.75. The van der Waals surface area contributed by atoms with Crippen LogP contribution in [0.3, 0.4) is 0 Å². The van der Waals surface area contributed by atoms with E-state index in [9.17, 15) is 23.3 Å². The highest BCUT2D eigenvalue weighted by atomic mass is 32.2. The Kier molecular flexibility index (Phi) is 5.48. The van der Waals surface area contributed by atoms with Crippen molar-refractivity contribution in [3.63, 3.8) is 0 Å². The van der Waals surface area contributed by atoms with E-state index in [1.807, 2.05) is 0 Å². The third-order valence-corrected chi connectivity index (χ3v) is 3.94. The van der Waals surface area contributed by atoms with Crippen molar-refractivity contribution in [1.82, 2.24) is 5.32 Å². The molecule has 8 nitrogen and oxygen atoms in total. The Bertz CT molecular complexity index is 685. The Hall–Kier alpha value is -2.16. The summed E-state index contributed by atoms with van der Waals surface area (Å²) in [6.45, 7) is 4.69. The van der Waals surface area contributed by atoms with Crippen LogP contribution in [0, 0.1) is 17.0 Å². The Labute approximate surface area is 129 Å². The average Bonchev–Trinajstić information content (AvgIpc) is 2.34. The van der Waals surface area contributed by atoms with E-state index in [1.165, 1.54) is 12.1 Å². The molecule has 0 radical (unpaired) electrons. The second kappa shape index (κ2) is 6.73. The number of benzene rings is 1. The number of hydrogen-bond acceptors (Lipinski definition) is 5. The van der Waals surface area contributed by atoms with Gasteiger partial charge in [0.05, 0.1) is 16.9 Å². The summed E-state index contributed by atoms with van der Waals surface area (Å²) in [6.07, 6.45) is 0.952. The van der Waals surface area contributed by atoms with Gasteiger partial charge in [0.2, 0.25) is 15.9 Å². The van der Waals surface area contributed by atoms with Crippen LogP contribution >= 0.6 is 0 Å². The number of nitrogens with one attached hydrogen (secondary N) is 1. The highest BCUT2D eigenvalue weighted by Gasteiger charge is 2.24. The number of nitro groups is 1. The van der Waals surface area contributed by atoms with Crippen LogP contribution in [0.2, 0.25) is 0 Å². The molecule has 0 heterocycles. The number of aryl methyl sites for hydroxylation is 1. The minimum Gasteiger partial charge on any atom is -0.352 e. The summed E-state index contributed by atoms with van der Waals surface area (Å²) < 4.78 is 24.8. The zero-order valence-corrected chi connectivity index (χ0v) is 13.7. The number of nitrogens with zero attached hydrogens (tertiary/aromatic N) is 2. The molecule has 0 saturated heterocycles. The fourth-order valence-corrected chi connectivity index (χ4v) is 2.76. The summed E-state index contributed by atoms with van der Waals surface area (Å²) in [7, 11) is -3.76. The summed E-state index contributed by atoms with van der Waals surface area (Å²) in [4.78, 5) is 22.1. The zero-order valence-electron chi connectivity index (χ0n) is 12.9. The number of nitro benzene ring substituents is 1. The summed E-state index contributed by atoms with van der Waals surface area (Å²) in [5.41, 5.74) is 0.405. The van der Waals surface area contributed by atoms with Gasteiger partial charge in [0.15, 0.2) is 0 Å². The van der Waals surface area contributed by atoms with Gasteiger partial charge in [0.1, 0.15) is 6.54 Å². The van der Waals surface area contributed by atoms with Gasteiger partial charge in [-0.25, -0.2) is 8.42 Å². The van der Waals surface area contributed by atoms with Crippen LogP contribution in [0.4, 0.5) is 11.4 Å². The van der Waals surface area contributed by atoms with Crippen LogP contribution < -0.4 is 9.62 Å². The number of rotatable bonds is 6. The monoisotopic (exact) mass is 329 g/mol. The number of carbonyl (C=O) groups is 1. The first-order valence-corrected chi connectivity index (χ1v) is 8.39. The second-order valence-electron chi connectivity index (χ2n) is 5.22. The molecule has 0 aliphatic rings. The van der Waals surface area contributed by atoms with Gasteiger partial charge < -0.3 is 5.32 Å². The summed E-state index contributed by atoms with van der Waals surface area (Å²) in [5.74, 6) is -0.480. The molecule has 0 saturated carbocycles. The number of sulfonamides is 1. The van der Waals surface area contributed by atoms with Crippen LogP contribution in [-0.4, -0.2) is 38.1 Å². The van der Waals surface area contributed by atoms with Gasteiger partial charge in [-0.1, -0.05) is 6.07 Å². The van der Waals surface area contributed by atoms with Gasteiger partial charge >= 0.3 is 0 Å². The molecule has 1 aromatic rings. The minimum atomic E-state index is -3.76. The van der Waals surface area contributed by atoms with Crippen molar-refractivity contribution in [2.24, 2.45) is 0 Å². The summed E-state index contributed by atoms with van der Waals surface area (Å²) in [5, 5.41) is 13.5. The minimum absolute atomic E-state index is 0.121. The van der Waals surface area contributed by atoms with E-state index >= 15 is 0 Å². The molecule has 0 bridgehead atoms. The van der Waals surface area contributed by atoms with Crippen molar-refractivity contribution in [3.05, 3.63) is 33.9 Å². The maximum atomic E-state index is 12.0. The first kappa shape index (κ1) is 17.9. The molecule has 122 valence electrons. The highest BCUT2D eigenvalue weighted by Crippen LogP contribution is 2.27. The molecular weight excluding hydrogens is 310 g/mol. The molecule has 0 unspecified atom stereocenters. The molecule has 1 amide bonds. The largest absolute Gasteiger partial charge is 0.352 e. The molecular formula is C13H19N3O5S. The number of non-ortho nitro benzene ring substituents is 1. The molecule has 0 aliphatic heterocycles. The number of hydrogen-bond donors (Lipinski definition) is 1. The molecule has 0 fully saturated rings. The number of anilines is 1. The van der Waals surface area contributed by atoms with Crippen molar-refractivity contribution < 1.29 is 18.1 Å². The van der Waals surface area contributed by atoms with Gasteiger partial charge in [0, 0.05) is 18.2 Å². The maximum Gasteiger partial charge on any atom is 0.271 e. The third-order valence-electron chi connectivity index (χ3n) is 2.81. The normalized spacial score (nSPS) is 11.3. The first-order chi connectivity index (χ1) is 10.0. The van der Waals surface area contributed by atoms with Gasteiger partial charge in [-0.15, -0.1) is 0 Å². The van der Waals surface area contributed by atoms with Crippen LogP contribution in [0.5, 0.6) is 0 Å². The number of amides is 1. The fourth-order valence-electron chi connectivity index (χ4n) is 1.86. The number of carbonyl (C=O) groups excluding carboxylic acids is 1. The van der Waals surface area contributed by atoms with Crippen LogP contribution in [0.1, 0.15) is 19.4 Å².